The van der Waals surface area contributed by atoms with E-state index in [1.807, 2.05) is 0 Å². The number of allylic oxidation sites excluding steroid dienone is 2. The van der Waals surface area contributed by atoms with Crippen LogP contribution in [0.5, 0.6) is 0 Å². The number of hydrogen-bond acceptors (Lipinski definition) is 2. The van der Waals surface area contributed by atoms with E-state index in [4.69, 9.17) is 0 Å². The van der Waals surface area contributed by atoms with Gasteiger partial charge in [-0.2, -0.15) is 0 Å². The Kier molecular flexibility index (Phi) is 6.60. The van der Waals surface area contributed by atoms with Gasteiger partial charge in [0.05, 0.1) is 0 Å². The fourth-order valence-corrected chi connectivity index (χ4v) is 8.10. The van der Waals surface area contributed by atoms with Crippen molar-refractivity contribution >= 4 is 28.4 Å². The van der Waals surface area contributed by atoms with E-state index in [0.29, 0.717) is 18.4 Å². The third-order valence-corrected chi connectivity index (χ3v) is 13.1. The standard InChI is InChI=1S/C12H22NO2S.3CH3.Sn/c1-10(2)16(14,15)13-9-11(3)12-7-5-4-6-8-12;;;;/h5,10-13H,6-9H2,1-3H3;3*1H3;. The average Bonchev–Trinajstić information content (AvgIpc) is 2.35. The van der Waals surface area contributed by atoms with Crippen molar-refractivity contribution in [2.24, 2.45) is 11.8 Å². The van der Waals surface area contributed by atoms with E-state index in [9.17, 15) is 8.42 Å². The molecule has 0 amide bonds. The second-order valence-electron chi connectivity index (χ2n) is 7.43. The van der Waals surface area contributed by atoms with Crippen LogP contribution in [0.3, 0.4) is 0 Å². The molecule has 0 bridgehead atoms. The second kappa shape index (κ2) is 7.14. The molecule has 1 N–H and O–H groups in total. The first-order valence-electron chi connectivity index (χ1n) is 7.72. The van der Waals surface area contributed by atoms with Crippen molar-refractivity contribution in [3.05, 3.63) is 9.67 Å². The Bertz CT molecular complexity index is 449. The summed E-state index contributed by atoms with van der Waals surface area (Å²) in [7, 11) is -3.12. The van der Waals surface area contributed by atoms with Crippen LogP contribution in [0.1, 0.15) is 40.0 Å². The molecule has 0 radical (unpaired) electrons. The van der Waals surface area contributed by atoms with Gasteiger partial charge in [0, 0.05) is 0 Å². The van der Waals surface area contributed by atoms with E-state index in [0.717, 1.165) is 6.42 Å². The van der Waals surface area contributed by atoms with Crippen molar-refractivity contribution in [2.75, 3.05) is 6.54 Å². The van der Waals surface area contributed by atoms with Gasteiger partial charge in [-0.25, -0.2) is 0 Å². The Labute approximate surface area is 129 Å². The van der Waals surface area contributed by atoms with Crippen LogP contribution in [0.25, 0.3) is 0 Å². The van der Waals surface area contributed by atoms with Crippen molar-refractivity contribution in [2.45, 2.75) is 60.1 Å². The van der Waals surface area contributed by atoms with Gasteiger partial charge in [0.25, 0.3) is 0 Å². The van der Waals surface area contributed by atoms with Gasteiger partial charge in [0.15, 0.2) is 0 Å². The third-order valence-electron chi connectivity index (χ3n) is 4.45. The van der Waals surface area contributed by atoms with Gasteiger partial charge in [-0.3, -0.25) is 0 Å². The fourth-order valence-electron chi connectivity index (χ4n) is 2.63. The molecule has 0 aromatic carbocycles. The third kappa shape index (κ3) is 5.33. The van der Waals surface area contributed by atoms with Crippen molar-refractivity contribution < 1.29 is 8.42 Å². The topological polar surface area (TPSA) is 46.2 Å². The molecular weight excluding hydrogens is 377 g/mol. The first kappa shape index (κ1) is 18.5. The van der Waals surface area contributed by atoms with Gasteiger partial charge in [0.2, 0.25) is 0 Å². The van der Waals surface area contributed by atoms with Crippen LogP contribution in [0.4, 0.5) is 0 Å². The maximum atomic E-state index is 11.8. The Morgan fingerprint density at radius 3 is 2.30 bits per heavy atom. The molecule has 1 aliphatic rings. The van der Waals surface area contributed by atoms with Crippen LogP contribution in [-0.4, -0.2) is 38.6 Å². The molecule has 3 nitrogen and oxygen atoms in total. The summed E-state index contributed by atoms with van der Waals surface area (Å²) >= 11 is -1.85. The SMILES string of the molecule is CC(CNS(=O)(=O)C(C)C)C1CC=[C]([Sn]([CH3])([CH3])[CH3])CC1. The number of sulfonamides is 1. The molecule has 1 rings (SSSR count). The zero-order chi connectivity index (χ0) is 15.6. The molecular formula is C15H31NO2SSn. The molecule has 0 aromatic heterocycles. The van der Waals surface area contributed by atoms with Crippen LogP contribution >= 0.6 is 0 Å². The molecule has 20 heavy (non-hydrogen) atoms. The van der Waals surface area contributed by atoms with Crippen molar-refractivity contribution in [1.82, 2.24) is 4.72 Å². The van der Waals surface area contributed by atoms with Crippen LogP contribution in [0, 0.1) is 11.8 Å². The Balaban J connectivity index is 2.52. The maximum absolute atomic E-state index is 11.8. The van der Waals surface area contributed by atoms with Crippen LogP contribution in [0.2, 0.25) is 14.8 Å². The quantitative estimate of drug-likeness (QED) is 0.684. The second-order valence-corrected chi connectivity index (χ2v) is 24.4. The molecule has 0 saturated heterocycles. The van der Waals surface area contributed by atoms with Gasteiger partial charge in [-0.15, -0.1) is 0 Å². The minimum absolute atomic E-state index is 0.345. The molecule has 2 atom stereocenters. The molecule has 1 aliphatic carbocycles. The summed E-state index contributed by atoms with van der Waals surface area (Å²) in [5, 5.41) is -0.345. The van der Waals surface area contributed by atoms with E-state index < -0.39 is 28.4 Å². The van der Waals surface area contributed by atoms with Crippen molar-refractivity contribution in [3.8, 4) is 0 Å². The molecule has 0 spiro atoms. The molecule has 118 valence electrons. The monoisotopic (exact) mass is 409 g/mol. The molecule has 0 aliphatic heterocycles. The van der Waals surface area contributed by atoms with Gasteiger partial charge in [-0.05, 0) is 0 Å². The summed E-state index contributed by atoms with van der Waals surface area (Å²) in [5.74, 6) is 1.04. The zero-order valence-electron chi connectivity index (χ0n) is 13.9. The van der Waals surface area contributed by atoms with Crippen LogP contribution in [-0.2, 0) is 10.0 Å². The summed E-state index contributed by atoms with van der Waals surface area (Å²) in [4.78, 5) is 7.42. The van der Waals surface area contributed by atoms with Crippen LogP contribution < -0.4 is 4.72 Å². The molecule has 0 aromatic rings. The summed E-state index contributed by atoms with van der Waals surface area (Å²) in [5.41, 5.74) is 0. The summed E-state index contributed by atoms with van der Waals surface area (Å²) < 4.78 is 28.1. The van der Waals surface area contributed by atoms with Crippen molar-refractivity contribution in [3.63, 3.8) is 0 Å². The fraction of sp³-hybridized carbons (Fsp3) is 0.867. The van der Waals surface area contributed by atoms with Crippen molar-refractivity contribution in [1.29, 1.82) is 0 Å². The van der Waals surface area contributed by atoms with E-state index in [1.165, 1.54) is 12.8 Å². The van der Waals surface area contributed by atoms with Gasteiger partial charge >= 0.3 is 130 Å². The molecule has 5 heteroatoms. The summed E-state index contributed by atoms with van der Waals surface area (Å²) in [6.45, 7) is 6.19. The first-order valence-corrected chi connectivity index (χ1v) is 19.3. The summed E-state index contributed by atoms with van der Waals surface area (Å²) in [6.07, 6.45) is 6.07. The first-order chi connectivity index (χ1) is 9.04. The Morgan fingerprint density at radius 2 is 1.90 bits per heavy atom. The normalized spacial score (nSPS) is 22.8. The van der Waals surface area contributed by atoms with Gasteiger partial charge in [0.1, 0.15) is 0 Å². The molecule has 2 unspecified atom stereocenters. The average molecular weight is 408 g/mol. The van der Waals surface area contributed by atoms with Gasteiger partial charge in [-0.1, -0.05) is 0 Å². The van der Waals surface area contributed by atoms with Crippen LogP contribution in [0.15, 0.2) is 9.67 Å². The van der Waals surface area contributed by atoms with E-state index in [-0.39, 0.29) is 5.25 Å². The van der Waals surface area contributed by atoms with E-state index in [1.54, 1.807) is 17.4 Å². The number of nitrogens with one attached hydrogen (secondary N) is 1. The minimum atomic E-state index is -3.12. The molecule has 0 heterocycles. The van der Waals surface area contributed by atoms with E-state index >= 15 is 0 Å². The Morgan fingerprint density at radius 1 is 1.30 bits per heavy atom. The number of hydrogen-bond donors (Lipinski definition) is 1. The molecule has 0 saturated carbocycles. The zero-order valence-corrected chi connectivity index (χ0v) is 17.5. The predicted molar refractivity (Wildman–Crippen MR) is 90.0 cm³/mol. The van der Waals surface area contributed by atoms with E-state index in [2.05, 4.69) is 32.5 Å². The Hall–Kier alpha value is 0.449. The summed E-state index contributed by atoms with van der Waals surface area (Å²) in [6, 6.07) is 0. The van der Waals surface area contributed by atoms with Gasteiger partial charge < -0.3 is 0 Å². The predicted octanol–water partition coefficient (Wildman–Crippen LogP) is 3.55. The number of rotatable bonds is 6. The molecule has 0 fully saturated rings.